The molecule has 1 amide bonds. The van der Waals surface area contributed by atoms with Gasteiger partial charge in [0.1, 0.15) is 18.2 Å². The Morgan fingerprint density at radius 1 is 1.24 bits per heavy atom. The van der Waals surface area contributed by atoms with Crippen molar-refractivity contribution in [2.45, 2.75) is 18.2 Å². The van der Waals surface area contributed by atoms with Gasteiger partial charge in [-0.3, -0.25) is 4.79 Å². The van der Waals surface area contributed by atoms with Crippen LogP contribution in [0, 0.1) is 5.82 Å². The number of hydrogen-bond acceptors (Lipinski definition) is 4. The van der Waals surface area contributed by atoms with Crippen LogP contribution in [-0.4, -0.2) is 27.5 Å². The fourth-order valence-electron chi connectivity index (χ4n) is 2.21. The minimum Gasteiger partial charge on any atom is -0.491 e. The van der Waals surface area contributed by atoms with Gasteiger partial charge in [0.2, 0.25) is 10.0 Å². The number of sulfonamides is 1. The molecule has 0 bridgehead atoms. The van der Waals surface area contributed by atoms with Gasteiger partial charge in [-0.1, -0.05) is 13.0 Å². The molecular weight excluding hydrogens is 347 g/mol. The number of carbonyl (C=O) groups excluding carboxylic acids is 1. The van der Waals surface area contributed by atoms with E-state index in [4.69, 9.17) is 9.88 Å². The minimum absolute atomic E-state index is 0.0242. The second-order valence-electron chi connectivity index (χ2n) is 5.28. The first-order chi connectivity index (χ1) is 11.8. The van der Waals surface area contributed by atoms with Gasteiger partial charge < -0.3 is 10.1 Å². The smallest absolute Gasteiger partial charge is 0.251 e. The minimum atomic E-state index is -3.77. The lowest BCUT2D eigenvalue weighted by Crippen LogP contribution is -2.28. The van der Waals surface area contributed by atoms with Crippen molar-refractivity contribution in [2.75, 3.05) is 13.2 Å². The van der Waals surface area contributed by atoms with Gasteiger partial charge in [-0.25, -0.2) is 17.9 Å². The van der Waals surface area contributed by atoms with E-state index in [1.165, 1.54) is 36.4 Å². The van der Waals surface area contributed by atoms with Crippen molar-refractivity contribution in [1.29, 1.82) is 0 Å². The van der Waals surface area contributed by atoms with E-state index >= 15 is 0 Å². The molecule has 8 heteroatoms. The fraction of sp³-hybridized carbons (Fsp3) is 0.235. The highest BCUT2D eigenvalue weighted by Crippen LogP contribution is 2.22. The zero-order valence-corrected chi connectivity index (χ0v) is 14.5. The number of aryl methyl sites for hydroxylation is 1. The first-order valence-corrected chi connectivity index (χ1v) is 9.18. The van der Waals surface area contributed by atoms with Crippen LogP contribution in [0.25, 0.3) is 0 Å². The summed E-state index contributed by atoms with van der Waals surface area (Å²) in [5, 5.41) is 7.73. The molecule has 0 aliphatic rings. The molecule has 134 valence electrons. The van der Waals surface area contributed by atoms with Crippen molar-refractivity contribution in [3.8, 4) is 5.75 Å². The highest BCUT2D eigenvalue weighted by atomic mass is 32.2. The maximum atomic E-state index is 13.1. The van der Waals surface area contributed by atoms with Crippen LogP contribution in [0.4, 0.5) is 4.39 Å². The van der Waals surface area contributed by atoms with Crippen LogP contribution in [-0.2, 0) is 16.4 Å². The van der Waals surface area contributed by atoms with Gasteiger partial charge in [0, 0.05) is 5.56 Å². The number of primary sulfonamides is 1. The Morgan fingerprint density at radius 2 is 2.00 bits per heavy atom. The van der Waals surface area contributed by atoms with Crippen molar-refractivity contribution in [3.63, 3.8) is 0 Å². The van der Waals surface area contributed by atoms with Gasteiger partial charge >= 0.3 is 0 Å². The molecule has 6 nitrogen and oxygen atoms in total. The molecule has 0 radical (unpaired) electrons. The third-order valence-corrected chi connectivity index (χ3v) is 4.38. The number of benzene rings is 2. The van der Waals surface area contributed by atoms with Crippen LogP contribution in [0.1, 0.15) is 22.8 Å². The van der Waals surface area contributed by atoms with Crippen LogP contribution < -0.4 is 15.2 Å². The topological polar surface area (TPSA) is 98.5 Å². The van der Waals surface area contributed by atoms with E-state index in [1.54, 1.807) is 0 Å². The predicted octanol–water partition coefficient (Wildman–Crippen LogP) is 1.84. The van der Waals surface area contributed by atoms with Gasteiger partial charge in [-0.2, -0.15) is 0 Å². The van der Waals surface area contributed by atoms with Crippen LogP contribution >= 0.6 is 0 Å². The highest BCUT2D eigenvalue weighted by molar-refractivity contribution is 7.89. The summed E-state index contributed by atoms with van der Waals surface area (Å²) in [7, 11) is -3.77. The third kappa shape index (κ3) is 5.27. The lowest BCUT2D eigenvalue weighted by Gasteiger charge is -2.12. The molecule has 2 rings (SSSR count). The van der Waals surface area contributed by atoms with E-state index in [0.717, 1.165) is 6.07 Å². The molecule has 0 saturated heterocycles. The molecule has 25 heavy (non-hydrogen) atoms. The fourth-order valence-corrected chi connectivity index (χ4v) is 2.77. The van der Waals surface area contributed by atoms with Crippen molar-refractivity contribution >= 4 is 15.9 Å². The van der Waals surface area contributed by atoms with Gasteiger partial charge in [-0.15, -0.1) is 0 Å². The zero-order valence-electron chi connectivity index (χ0n) is 13.7. The molecule has 2 aromatic carbocycles. The van der Waals surface area contributed by atoms with Gasteiger partial charge in [0.15, 0.2) is 0 Å². The summed E-state index contributed by atoms with van der Waals surface area (Å²) in [6, 6.07) is 9.76. The van der Waals surface area contributed by atoms with Crippen LogP contribution in [0.2, 0.25) is 0 Å². The number of nitrogens with one attached hydrogen (secondary N) is 1. The standard InChI is InChI=1S/C17H19FN2O4S/c1-2-12-11-15(25(19,22)23)6-7-16(12)24-9-8-20-17(21)13-4-3-5-14(18)10-13/h3-7,10-11H,2,8-9H2,1H3,(H,20,21)(H2,19,22,23). The molecular formula is C17H19FN2O4S. The Balaban J connectivity index is 1.92. The Labute approximate surface area is 145 Å². The molecule has 0 heterocycles. The van der Waals surface area contributed by atoms with E-state index in [-0.39, 0.29) is 23.6 Å². The van der Waals surface area contributed by atoms with Gasteiger partial charge in [0.25, 0.3) is 5.91 Å². The number of halogens is 1. The van der Waals surface area contributed by atoms with Gasteiger partial charge in [0.05, 0.1) is 11.4 Å². The lowest BCUT2D eigenvalue weighted by atomic mass is 10.1. The van der Waals surface area contributed by atoms with Crippen LogP contribution in [0.5, 0.6) is 5.75 Å². The Bertz CT molecular complexity index is 869. The molecule has 0 aromatic heterocycles. The molecule has 2 aromatic rings. The van der Waals surface area contributed by atoms with Crippen molar-refractivity contribution in [2.24, 2.45) is 5.14 Å². The molecule has 0 saturated carbocycles. The predicted molar refractivity (Wildman–Crippen MR) is 91.4 cm³/mol. The summed E-state index contributed by atoms with van der Waals surface area (Å²) in [5.41, 5.74) is 0.926. The molecule has 0 aliphatic carbocycles. The molecule has 0 unspecified atom stereocenters. The second-order valence-corrected chi connectivity index (χ2v) is 6.84. The van der Waals surface area contributed by atoms with E-state index in [1.807, 2.05) is 6.92 Å². The Hall–Kier alpha value is -2.45. The summed E-state index contributed by atoms with van der Waals surface area (Å²) < 4.78 is 41.4. The average Bonchev–Trinajstić information content (AvgIpc) is 2.57. The molecule has 0 atom stereocenters. The number of nitrogens with two attached hydrogens (primary N) is 1. The largest absolute Gasteiger partial charge is 0.491 e. The highest BCUT2D eigenvalue weighted by Gasteiger charge is 2.12. The summed E-state index contributed by atoms with van der Waals surface area (Å²) in [6.45, 7) is 2.26. The normalized spacial score (nSPS) is 11.2. The zero-order chi connectivity index (χ0) is 18.4. The molecule has 0 fully saturated rings. The summed E-state index contributed by atoms with van der Waals surface area (Å²) in [5.74, 6) is -0.357. The van der Waals surface area contributed by atoms with Crippen molar-refractivity contribution in [1.82, 2.24) is 5.32 Å². The first kappa shape index (κ1) is 18.9. The summed E-state index contributed by atoms with van der Waals surface area (Å²) in [6.07, 6.45) is 0.564. The first-order valence-electron chi connectivity index (χ1n) is 7.63. The van der Waals surface area contributed by atoms with E-state index in [2.05, 4.69) is 5.32 Å². The van der Waals surface area contributed by atoms with E-state index < -0.39 is 21.7 Å². The summed E-state index contributed by atoms with van der Waals surface area (Å²) >= 11 is 0. The van der Waals surface area contributed by atoms with E-state index in [0.29, 0.717) is 17.7 Å². The second kappa shape index (κ2) is 8.09. The molecule has 3 N–H and O–H groups in total. The maximum Gasteiger partial charge on any atom is 0.251 e. The average molecular weight is 366 g/mol. The number of rotatable bonds is 7. The SMILES string of the molecule is CCc1cc(S(N)(=O)=O)ccc1OCCNC(=O)c1cccc(F)c1. The Kier molecular flexibility index (Phi) is 6.11. The number of carbonyl (C=O) groups is 1. The van der Waals surface area contributed by atoms with Crippen molar-refractivity contribution < 1.29 is 22.3 Å². The number of amides is 1. The van der Waals surface area contributed by atoms with E-state index in [9.17, 15) is 17.6 Å². The monoisotopic (exact) mass is 366 g/mol. The third-order valence-electron chi connectivity index (χ3n) is 3.47. The number of ether oxygens (including phenoxy) is 1. The molecule has 0 spiro atoms. The van der Waals surface area contributed by atoms with Crippen LogP contribution in [0.15, 0.2) is 47.4 Å². The lowest BCUT2D eigenvalue weighted by molar-refractivity contribution is 0.0946. The summed E-state index contributed by atoms with van der Waals surface area (Å²) in [4.78, 5) is 11.9. The Morgan fingerprint density at radius 3 is 2.64 bits per heavy atom. The quantitative estimate of drug-likeness (QED) is 0.731. The molecule has 0 aliphatic heterocycles. The van der Waals surface area contributed by atoms with Crippen LogP contribution in [0.3, 0.4) is 0 Å². The number of hydrogen-bond donors (Lipinski definition) is 2. The van der Waals surface area contributed by atoms with Crippen molar-refractivity contribution in [3.05, 3.63) is 59.4 Å². The van der Waals surface area contributed by atoms with Gasteiger partial charge in [-0.05, 0) is 48.4 Å². The maximum absolute atomic E-state index is 13.1.